The van der Waals surface area contributed by atoms with Crippen molar-refractivity contribution in [2.75, 3.05) is 5.43 Å². The highest BCUT2D eigenvalue weighted by molar-refractivity contribution is 6.36. The molecule has 0 saturated heterocycles. The fraction of sp³-hybridized carbons (Fsp3) is 0. The highest BCUT2D eigenvalue weighted by Gasteiger charge is 1.98. The molecule has 0 aliphatic rings. The van der Waals surface area contributed by atoms with Crippen LogP contribution in [0.1, 0.15) is 5.56 Å². The van der Waals surface area contributed by atoms with E-state index in [-0.39, 0.29) is 0 Å². The van der Waals surface area contributed by atoms with Crippen molar-refractivity contribution in [3.8, 4) is 0 Å². The Morgan fingerprint density at radius 1 is 1.38 bits per heavy atom. The molecule has 1 heterocycles. The third kappa shape index (κ3) is 2.71. The Hall–Kier alpha value is -1.59. The van der Waals surface area contributed by atoms with Crippen LogP contribution < -0.4 is 5.43 Å². The van der Waals surface area contributed by atoms with E-state index >= 15 is 0 Å². The largest absolute Gasteiger partial charge is 0.259 e. The lowest BCUT2D eigenvalue weighted by Crippen LogP contribution is -1.91. The van der Waals surface area contributed by atoms with Gasteiger partial charge in [-0.1, -0.05) is 29.3 Å². The normalized spacial score (nSPS) is 10.9. The molecule has 0 spiro atoms. The number of halogens is 2. The van der Waals surface area contributed by atoms with Crippen molar-refractivity contribution >= 4 is 35.2 Å². The van der Waals surface area contributed by atoms with Crippen LogP contribution in [0.15, 0.2) is 29.5 Å². The summed E-state index contributed by atoms with van der Waals surface area (Å²) >= 11 is 11.7. The molecule has 0 unspecified atom stereocenters. The Balaban J connectivity index is 2.06. The van der Waals surface area contributed by atoms with E-state index in [1.807, 2.05) is 0 Å². The molecule has 0 atom stereocenters. The topological polar surface area (TPSA) is 66.0 Å². The highest BCUT2D eigenvalue weighted by Crippen LogP contribution is 2.19. The maximum atomic E-state index is 5.95. The molecule has 2 rings (SSSR count). The summed E-state index contributed by atoms with van der Waals surface area (Å²) in [5, 5.41) is 14.9. The third-order valence-electron chi connectivity index (χ3n) is 1.76. The number of rotatable bonds is 3. The van der Waals surface area contributed by atoms with Crippen LogP contribution in [0.3, 0.4) is 0 Å². The Labute approximate surface area is 101 Å². The highest BCUT2D eigenvalue weighted by atomic mass is 35.5. The second-order valence-corrected chi connectivity index (χ2v) is 3.73. The minimum absolute atomic E-state index is 0.529. The van der Waals surface area contributed by atoms with Crippen LogP contribution in [0.4, 0.5) is 5.82 Å². The molecule has 2 N–H and O–H groups in total. The van der Waals surface area contributed by atoms with Gasteiger partial charge in [-0.3, -0.25) is 5.43 Å². The average molecular weight is 256 g/mol. The van der Waals surface area contributed by atoms with Crippen LogP contribution in [-0.2, 0) is 0 Å². The number of hydrogen-bond acceptors (Lipinski definition) is 4. The molecule has 5 nitrogen and oxygen atoms in total. The van der Waals surface area contributed by atoms with Gasteiger partial charge in [-0.2, -0.15) is 15.4 Å². The molecule has 16 heavy (non-hydrogen) atoms. The van der Waals surface area contributed by atoms with E-state index in [0.29, 0.717) is 15.9 Å². The zero-order chi connectivity index (χ0) is 11.4. The van der Waals surface area contributed by atoms with E-state index < -0.39 is 0 Å². The zero-order valence-corrected chi connectivity index (χ0v) is 9.50. The Morgan fingerprint density at radius 3 is 2.94 bits per heavy atom. The second-order valence-electron chi connectivity index (χ2n) is 2.89. The van der Waals surface area contributed by atoms with Gasteiger partial charge in [-0.05, 0) is 12.1 Å². The van der Waals surface area contributed by atoms with Crippen LogP contribution >= 0.6 is 23.2 Å². The van der Waals surface area contributed by atoms with Crippen molar-refractivity contribution < 1.29 is 0 Å². The van der Waals surface area contributed by atoms with Crippen molar-refractivity contribution in [1.29, 1.82) is 0 Å². The summed E-state index contributed by atoms with van der Waals surface area (Å²) in [5.41, 5.74) is 3.45. The molecule has 1 aromatic carbocycles. The summed E-state index contributed by atoms with van der Waals surface area (Å²) in [4.78, 5) is 0. The van der Waals surface area contributed by atoms with Crippen LogP contribution in [0, 0.1) is 0 Å². The van der Waals surface area contributed by atoms with Gasteiger partial charge in [0.25, 0.3) is 0 Å². The van der Waals surface area contributed by atoms with Gasteiger partial charge in [0.1, 0.15) is 0 Å². The standard InChI is InChI=1S/C9H7Cl2N5/c10-7-2-1-6(8(11)3-7)4-12-14-9-5-13-16-15-9/h1-5H,(H2,13,14,15,16)/b12-4+. The van der Waals surface area contributed by atoms with Crippen LogP contribution in [0.5, 0.6) is 0 Å². The summed E-state index contributed by atoms with van der Waals surface area (Å²) in [6.45, 7) is 0. The molecule has 0 fully saturated rings. The first kappa shape index (κ1) is 10.9. The molecule has 0 aliphatic heterocycles. The number of anilines is 1. The Kier molecular flexibility index (Phi) is 3.38. The molecule has 7 heteroatoms. The smallest absolute Gasteiger partial charge is 0.188 e. The van der Waals surface area contributed by atoms with Crippen molar-refractivity contribution in [3.05, 3.63) is 40.0 Å². The summed E-state index contributed by atoms with van der Waals surface area (Å²) in [6, 6.07) is 5.17. The minimum Gasteiger partial charge on any atom is -0.259 e. The second kappa shape index (κ2) is 4.96. The molecular formula is C9H7Cl2N5. The van der Waals surface area contributed by atoms with Crippen molar-refractivity contribution in [2.45, 2.75) is 0 Å². The summed E-state index contributed by atoms with van der Waals surface area (Å²) in [5.74, 6) is 0.529. The number of H-pyrrole nitrogens is 1. The Morgan fingerprint density at radius 2 is 2.25 bits per heavy atom. The maximum absolute atomic E-state index is 5.95. The molecule has 0 amide bonds. The molecule has 0 aliphatic carbocycles. The lowest BCUT2D eigenvalue weighted by atomic mass is 10.2. The van der Waals surface area contributed by atoms with Crippen LogP contribution in [0.25, 0.3) is 0 Å². The zero-order valence-electron chi connectivity index (χ0n) is 7.98. The SMILES string of the molecule is Clc1ccc(/C=N/Nc2cn[nH]n2)c(Cl)c1. The predicted molar refractivity (Wildman–Crippen MR) is 64.1 cm³/mol. The lowest BCUT2D eigenvalue weighted by molar-refractivity contribution is 0.939. The fourth-order valence-corrected chi connectivity index (χ4v) is 1.49. The van der Waals surface area contributed by atoms with Crippen molar-refractivity contribution in [2.24, 2.45) is 5.10 Å². The number of aromatic nitrogens is 3. The summed E-state index contributed by atoms with van der Waals surface area (Å²) in [6.07, 6.45) is 3.09. The molecule has 1 aromatic heterocycles. The number of hydrazone groups is 1. The van der Waals surface area contributed by atoms with E-state index in [1.165, 1.54) is 6.20 Å². The van der Waals surface area contributed by atoms with Crippen LogP contribution in [-0.4, -0.2) is 21.6 Å². The molecule has 0 bridgehead atoms. The number of nitrogens with one attached hydrogen (secondary N) is 2. The van der Waals surface area contributed by atoms with Crippen molar-refractivity contribution in [1.82, 2.24) is 15.4 Å². The van der Waals surface area contributed by atoms with Gasteiger partial charge >= 0.3 is 0 Å². The van der Waals surface area contributed by atoms with Crippen molar-refractivity contribution in [3.63, 3.8) is 0 Å². The van der Waals surface area contributed by atoms with E-state index in [9.17, 15) is 0 Å². The predicted octanol–water partition coefficient (Wildman–Crippen LogP) is 2.56. The number of benzene rings is 1. The maximum Gasteiger partial charge on any atom is 0.188 e. The molecule has 0 saturated carbocycles. The van der Waals surface area contributed by atoms with E-state index in [2.05, 4.69) is 25.9 Å². The average Bonchev–Trinajstić information content (AvgIpc) is 2.74. The summed E-state index contributed by atoms with van der Waals surface area (Å²) in [7, 11) is 0. The molecule has 82 valence electrons. The third-order valence-corrected chi connectivity index (χ3v) is 2.32. The molecular weight excluding hydrogens is 249 g/mol. The van der Waals surface area contributed by atoms with Gasteiger partial charge in [0.15, 0.2) is 5.82 Å². The lowest BCUT2D eigenvalue weighted by Gasteiger charge is -1.98. The molecule has 0 radical (unpaired) electrons. The van der Waals surface area contributed by atoms with Crippen LogP contribution in [0.2, 0.25) is 10.0 Å². The van der Waals surface area contributed by atoms with Gasteiger partial charge in [0, 0.05) is 10.6 Å². The molecule has 2 aromatic rings. The fourth-order valence-electron chi connectivity index (χ4n) is 1.03. The van der Waals surface area contributed by atoms with E-state index in [4.69, 9.17) is 23.2 Å². The number of nitrogens with zero attached hydrogens (tertiary/aromatic N) is 3. The number of aromatic amines is 1. The van der Waals surface area contributed by atoms with Gasteiger partial charge in [-0.25, -0.2) is 0 Å². The van der Waals surface area contributed by atoms with Gasteiger partial charge < -0.3 is 0 Å². The first-order valence-electron chi connectivity index (χ1n) is 4.35. The summed E-state index contributed by atoms with van der Waals surface area (Å²) < 4.78 is 0. The van der Waals surface area contributed by atoms with E-state index in [1.54, 1.807) is 24.4 Å². The monoisotopic (exact) mass is 255 g/mol. The van der Waals surface area contributed by atoms with Gasteiger partial charge in [-0.15, -0.1) is 5.10 Å². The van der Waals surface area contributed by atoms with E-state index in [0.717, 1.165) is 5.56 Å². The first-order chi connectivity index (χ1) is 7.75. The Bertz CT molecular complexity index is 495. The van der Waals surface area contributed by atoms with Gasteiger partial charge in [0.2, 0.25) is 0 Å². The van der Waals surface area contributed by atoms with Gasteiger partial charge in [0.05, 0.1) is 17.4 Å². The minimum atomic E-state index is 0.529. The number of hydrogen-bond donors (Lipinski definition) is 2. The quantitative estimate of drug-likeness (QED) is 0.655. The first-order valence-corrected chi connectivity index (χ1v) is 5.11.